The molecule has 0 spiro atoms. The SMILES string of the molecule is CC(CO)N(C)c1ccc(CO)cc1Br. The zero-order valence-electron chi connectivity index (χ0n) is 8.94. The van der Waals surface area contributed by atoms with Gasteiger partial charge >= 0.3 is 0 Å². The van der Waals surface area contributed by atoms with Gasteiger partial charge in [0.05, 0.1) is 18.9 Å². The molecule has 0 aliphatic heterocycles. The number of likely N-dealkylation sites (N-methyl/N-ethyl adjacent to an activating group) is 1. The van der Waals surface area contributed by atoms with Crippen LogP contribution >= 0.6 is 15.9 Å². The van der Waals surface area contributed by atoms with Crippen LogP contribution in [0.25, 0.3) is 0 Å². The van der Waals surface area contributed by atoms with E-state index in [1.165, 1.54) is 0 Å². The predicted molar refractivity (Wildman–Crippen MR) is 65.0 cm³/mol. The molecular weight excluding hydrogens is 258 g/mol. The first kappa shape index (κ1) is 12.5. The zero-order valence-corrected chi connectivity index (χ0v) is 10.5. The lowest BCUT2D eigenvalue weighted by molar-refractivity contribution is 0.270. The van der Waals surface area contributed by atoms with E-state index in [4.69, 9.17) is 10.2 Å². The van der Waals surface area contributed by atoms with Crippen molar-refractivity contribution >= 4 is 21.6 Å². The van der Waals surface area contributed by atoms with Crippen LogP contribution in [0.5, 0.6) is 0 Å². The molecule has 0 saturated carbocycles. The topological polar surface area (TPSA) is 43.7 Å². The standard InChI is InChI=1S/C11H16BrNO2/c1-8(6-14)13(2)11-4-3-9(7-15)5-10(11)12/h3-5,8,14-15H,6-7H2,1-2H3. The normalized spacial score (nSPS) is 12.6. The Bertz CT molecular complexity index is 330. The van der Waals surface area contributed by atoms with E-state index in [-0.39, 0.29) is 19.3 Å². The minimum atomic E-state index is 0.0398. The van der Waals surface area contributed by atoms with E-state index >= 15 is 0 Å². The summed E-state index contributed by atoms with van der Waals surface area (Å²) >= 11 is 3.45. The van der Waals surface area contributed by atoms with E-state index in [0.29, 0.717) is 0 Å². The molecule has 0 aliphatic rings. The van der Waals surface area contributed by atoms with Crippen LogP contribution in [0.1, 0.15) is 12.5 Å². The molecule has 84 valence electrons. The highest BCUT2D eigenvalue weighted by molar-refractivity contribution is 9.10. The highest BCUT2D eigenvalue weighted by Crippen LogP contribution is 2.27. The Hall–Kier alpha value is -0.580. The van der Waals surface area contributed by atoms with Gasteiger partial charge in [0.25, 0.3) is 0 Å². The van der Waals surface area contributed by atoms with Crippen LogP contribution in [0.2, 0.25) is 0 Å². The number of hydrogen-bond donors (Lipinski definition) is 2. The van der Waals surface area contributed by atoms with Gasteiger partial charge in [0.2, 0.25) is 0 Å². The molecule has 1 rings (SSSR count). The van der Waals surface area contributed by atoms with Crippen LogP contribution in [-0.4, -0.2) is 29.9 Å². The van der Waals surface area contributed by atoms with Gasteiger partial charge in [0.15, 0.2) is 0 Å². The first-order valence-corrected chi connectivity index (χ1v) is 5.62. The van der Waals surface area contributed by atoms with Gasteiger partial charge in [0.1, 0.15) is 0 Å². The minimum absolute atomic E-state index is 0.0398. The van der Waals surface area contributed by atoms with Crippen molar-refractivity contribution in [3.05, 3.63) is 28.2 Å². The Balaban J connectivity index is 2.95. The molecule has 0 saturated heterocycles. The predicted octanol–water partition coefficient (Wildman–Crippen LogP) is 1.76. The molecule has 0 radical (unpaired) electrons. The third kappa shape index (κ3) is 2.93. The van der Waals surface area contributed by atoms with Gasteiger partial charge in [-0.25, -0.2) is 0 Å². The minimum Gasteiger partial charge on any atom is -0.394 e. The van der Waals surface area contributed by atoms with E-state index in [2.05, 4.69) is 15.9 Å². The Morgan fingerprint density at radius 1 is 1.40 bits per heavy atom. The van der Waals surface area contributed by atoms with E-state index < -0.39 is 0 Å². The van der Waals surface area contributed by atoms with Crippen molar-refractivity contribution in [2.45, 2.75) is 19.6 Å². The van der Waals surface area contributed by atoms with E-state index in [0.717, 1.165) is 15.7 Å². The van der Waals surface area contributed by atoms with Crippen molar-refractivity contribution in [1.82, 2.24) is 0 Å². The largest absolute Gasteiger partial charge is 0.394 e. The molecule has 0 bridgehead atoms. The average molecular weight is 274 g/mol. The molecule has 1 unspecified atom stereocenters. The van der Waals surface area contributed by atoms with Crippen LogP contribution in [0.3, 0.4) is 0 Å². The molecule has 1 atom stereocenters. The van der Waals surface area contributed by atoms with Crippen molar-refractivity contribution in [1.29, 1.82) is 0 Å². The third-order valence-electron chi connectivity index (χ3n) is 2.50. The summed E-state index contributed by atoms with van der Waals surface area (Å²) in [5.41, 5.74) is 1.88. The first-order valence-electron chi connectivity index (χ1n) is 4.83. The number of rotatable bonds is 4. The lowest BCUT2D eigenvalue weighted by Crippen LogP contribution is -2.32. The number of hydrogen-bond acceptors (Lipinski definition) is 3. The molecule has 0 amide bonds. The lowest BCUT2D eigenvalue weighted by atomic mass is 10.2. The van der Waals surface area contributed by atoms with Crippen molar-refractivity contribution in [3.63, 3.8) is 0 Å². The summed E-state index contributed by atoms with van der Waals surface area (Å²) in [5, 5.41) is 18.0. The summed E-state index contributed by atoms with van der Waals surface area (Å²) in [6.07, 6.45) is 0. The van der Waals surface area contributed by atoms with Gasteiger partial charge < -0.3 is 15.1 Å². The van der Waals surface area contributed by atoms with Crippen LogP contribution in [-0.2, 0) is 6.61 Å². The molecular formula is C11H16BrNO2. The maximum Gasteiger partial charge on any atom is 0.0682 e. The Kier molecular flexibility index (Phi) is 4.57. The van der Waals surface area contributed by atoms with Gasteiger partial charge in [0, 0.05) is 17.6 Å². The van der Waals surface area contributed by atoms with E-state index in [1.54, 1.807) is 0 Å². The van der Waals surface area contributed by atoms with Crippen LogP contribution in [0, 0.1) is 0 Å². The molecule has 2 N–H and O–H groups in total. The second-order valence-corrected chi connectivity index (χ2v) is 4.44. The maximum absolute atomic E-state index is 9.06. The van der Waals surface area contributed by atoms with Gasteiger partial charge in [-0.2, -0.15) is 0 Å². The van der Waals surface area contributed by atoms with Gasteiger partial charge in [-0.3, -0.25) is 0 Å². The monoisotopic (exact) mass is 273 g/mol. The third-order valence-corrected chi connectivity index (χ3v) is 3.14. The Labute approximate surface area is 98.5 Å². The Morgan fingerprint density at radius 3 is 2.53 bits per heavy atom. The highest BCUT2D eigenvalue weighted by atomic mass is 79.9. The first-order chi connectivity index (χ1) is 7.10. The maximum atomic E-state index is 9.06. The summed E-state index contributed by atoms with van der Waals surface area (Å²) < 4.78 is 0.928. The average Bonchev–Trinajstić information content (AvgIpc) is 2.26. The van der Waals surface area contributed by atoms with Gasteiger partial charge in [-0.1, -0.05) is 6.07 Å². The van der Waals surface area contributed by atoms with Crippen LogP contribution in [0.15, 0.2) is 22.7 Å². The molecule has 15 heavy (non-hydrogen) atoms. The molecule has 4 heteroatoms. The summed E-state index contributed by atoms with van der Waals surface area (Å²) in [4.78, 5) is 1.99. The van der Waals surface area contributed by atoms with Crippen molar-refractivity contribution in [2.75, 3.05) is 18.6 Å². The summed E-state index contributed by atoms with van der Waals surface area (Å²) in [5.74, 6) is 0. The lowest BCUT2D eigenvalue weighted by Gasteiger charge is -2.26. The van der Waals surface area contributed by atoms with Gasteiger partial charge in [-0.05, 0) is 40.5 Å². The van der Waals surface area contributed by atoms with E-state index in [9.17, 15) is 0 Å². The van der Waals surface area contributed by atoms with Crippen molar-refractivity contribution < 1.29 is 10.2 Å². The quantitative estimate of drug-likeness (QED) is 0.879. The highest BCUT2D eigenvalue weighted by Gasteiger charge is 2.11. The summed E-state index contributed by atoms with van der Waals surface area (Å²) in [6.45, 7) is 2.11. The van der Waals surface area contributed by atoms with Crippen LogP contribution in [0.4, 0.5) is 5.69 Å². The van der Waals surface area contributed by atoms with Crippen molar-refractivity contribution in [2.24, 2.45) is 0 Å². The Morgan fingerprint density at radius 2 is 2.07 bits per heavy atom. The summed E-state index contributed by atoms with van der Waals surface area (Å²) in [6, 6.07) is 5.76. The zero-order chi connectivity index (χ0) is 11.4. The second-order valence-electron chi connectivity index (χ2n) is 3.59. The number of halogens is 1. The number of benzene rings is 1. The van der Waals surface area contributed by atoms with Gasteiger partial charge in [-0.15, -0.1) is 0 Å². The van der Waals surface area contributed by atoms with E-state index in [1.807, 2.05) is 37.1 Å². The molecule has 0 heterocycles. The van der Waals surface area contributed by atoms with Crippen LogP contribution < -0.4 is 4.90 Å². The summed E-state index contributed by atoms with van der Waals surface area (Å²) in [7, 11) is 1.93. The number of anilines is 1. The fraction of sp³-hybridized carbons (Fsp3) is 0.455. The molecule has 1 aromatic carbocycles. The fourth-order valence-electron chi connectivity index (χ4n) is 1.29. The molecule has 1 aromatic rings. The molecule has 0 aliphatic carbocycles. The van der Waals surface area contributed by atoms with Crippen molar-refractivity contribution in [3.8, 4) is 0 Å². The molecule has 0 fully saturated rings. The molecule has 3 nitrogen and oxygen atoms in total. The number of aliphatic hydroxyl groups excluding tert-OH is 2. The number of nitrogens with zero attached hydrogens (tertiary/aromatic N) is 1. The molecule has 0 aromatic heterocycles. The second kappa shape index (κ2) is 5.49. The fourth-order valence-corrected chi connectivity index (χ4v) is 2.00. The smallest absolute Gasteiger partial charge is 0.0682 e. The number of aliphatic hydroxyl groups is 2.